The molecule has 0 aliphatic carbocycles. The van der Waals surface area contributed by atoms with Crippen LogP contribution < -0.4 is 0 Å². The minimum atomic E-state index is 0.622. The fraction of sp³-hybridized carbons (Fsp3) is 0. The summed E-state index contributed by atoms with van der Waals surface area (Å²) in [6.45, 7) is 0. The Morgan fingerprint density at radius 1 is 0.271 bits per heavy atom. The number of benzene rings is 9. The summed E-state index contributed by atoms with van der Waals surface area (Å²) in [4.78, 5) is 15.3. The van der Waals surface area contributed by atoms with Crippen molar-refractivity contribution in [3.63, 3.8) is 0 Å². The SMILES string of the molecule is c1ccc(-c2ccc3c(c2)c2ccccc2n3-c2ccccc2-c2cccc(-c3nc(-c4ccccc4)nc(-c4ccc(-c5ccc6ccccc6c5)cc4)n3)c2)cc1. The van der Waals surface area contributed by atoms with Gasteiger partial charge in [0.1, 0.15) is 0 Å². The average Bonchev–Trinajstić information content (AvgIpc) is 3.65. The number of fused-ring (bicyclic) bond motifs is 4. The molecule has 0 radical (unpaired) electrons. The third-order valence-corrected chi connectivity index (χ3v) is 11.2. The molecule has 0 N–H and O–H groups in total. The van der Waals surface area contributed by atoms with Crippen molar-refractivity contribution >= 4 is 32.6 Å². The highest BCUT2D eigenvalue weighted by atomic mass is 15.0. The molecule has 4 heteroatoms. The standard InChI is InChI=1S/C55H36N4/c1-3-14-37(15-4-1)44-32-33-52-49(36-44)48-23-10-12-25-51(48)59(52)50-24-11-9-22-47(50)45-20-13-21-46(35-45)55-57-53(40-17-5-2-6-18-40)56-54(58-55)41-29-26-39(27-30-41)43-31-28-38-16-7-8-19-42(38)34-43/h1-36H. The molecule has 59 heavy (non-hydrogen) atoms. The first-order chi connectivity index (χ1) is 29.2. The highest BCUT2D eigenvalue weighted by Crippen LogP contribution is 2.39. The number of nitrogens with zero attached hydrogens (tertiary/aromatic N) is 4. The lowest BCUT2D eigenvalue weighted by Gasteiger charge is -2.15. The van der Waals surface area contributed by atoms with Gasteiger partial charge in [0.15, 0.2) is 17.5 Å². The van der Waals surface area contributed by atoms with E-state index in [1.807, 2.05) is 30.3 Å². The minimum Gasteiger partial charge on any atom is -0.309 e. The molecule has 0 aliphatic heterocycles. The maximum Gasteiger partial charge on any atom is 0.164 e. The Bertz CT molecular complexity index is 3310. The maximum absolute atomic E-state index is 5.14. The fourth-order valence-electron chi connectivity index (χ4n) is 8.31. The van der Waals surface area contributed by atoms with Crippen LogP contribution in [0.1, 0.15) is 0 Å². The number of rotatable bonds is 7. The zero-order chi connectivity index (χ0) is 39.1. The zero-order valence-electron chi connectivity index (χ0n) is 32.1. The van der Waals surface area contributed by atoms with Crippen molar-refractivity contribution in [3.8, 4) is 73.2 Å². The van der Waals surface area contributed by atoms with Crippen LogP contribution in [-0.4, -0.2) is 19.5 Å². The van der Waals surface area contributed by atoms with Crippen LogP contribution in [0.15, 0.2) is 218 Å². The highest BCUT2D eigenvalue weighted by molar-refractivity contribution is 6.11. The quantitative estimate of drug-likeness (QED) is 0.163. The Morgan fingerprint density at radius 2 is 0.780 bits per heavy atom. The molecule has 276 valence electrons. The summed E-state index contributed by atoms with van der Waals surface area (Å²) < 4.78 is 2.40. The van der Waals surface area contributed by atoms with Gasteiger partial charge >= 0.3 is 0 Å². The van der Waals surface area contributed by atoms with Crippen molar-refractivity contribution in [2.75, 3.05) is 0 Å². The molecule has 0 amide bonds. The third-order valence-electron chi connectivity index (χ3n) is 11.2. The lowest BCUT2D eigenvalue weighted by atomic mass is 10.00. The zero-order valence-corrected chi connectivity index (χ0v) is 32.1. The van der Waals surface area contributed by atoms with Gasteiger partial charge in [0, 0.05) is 33.0 Å². The Kier molecular flexibility index (Phi) is 8.45. The Morgan fingerprint density at radius 3 is 1.58 bits per heavy atom. The van der Waals surface area contributed by atoms with Crippen LogP contribution in [-0.2, 0) is 0 Å². The van der Waals surface area contributed by atoms with Crippen molar-refractivity contribution in [2.45, 2.75) is 0 Å². The predicted molar refractivity (Wildman–Crippen MR) is 244 cm³/mol. The molecule has 9 aromatic carbocycles. The molecule has 0 saturated carbocycles. The van der Waals surface area contributed by atoms with Gasteiger partial charge in [-0.2, -0.15) is 0 Å². The predicted octanol–water partition coefficient (Wildman–Crippen LogP) is 14.1. The van der Waals surface area contributed by atoms with Crippen LogP contribution in [0.25, 0.3) is 106 Å². The molecule has 0 saturated heterocycles. The molecule has 0 bridgehead atoms. The largest absolute Gasteiger partial charge is 0.309 e. The van der Waals surface area contributed by atoms with E-state index in [0.717, 1.165) is 50.1 Å². The van der Waals surface area contributed by atoms with Crippen LogP contribution in [0.3, 0.4) is 0 Å². The fourth-order valence-corrected chi connectivity index (χ4v) is 8.31. The molecule has 0 spiro atoms. The van der Waals surface area contributed by atoms with Crippen LogP contribution in [0, 0.1) is 0 Å². The Balaban J connectivity index is 1.01. The van der Waals surface area contributed by atoms with Crippen LogP contribution in [0.4, 0.5) is 0 Å². The second-order valence-corrected chi connectivity index (χ2v) is 14.9. The van der Waals surface area contributed by atoms with Crippen molar-refractivity contribution in [1.29, 1.82) is 0 Å². The molecule has 11 rings (SSSR count). The third kappa shape index (κ3) is 6.34. The molecule has 0 unspecified atom stereocenters. The van der Waals surface area contributed by atoms with E-state index < -0.39 is 0 Å². The van der Waals surface area contributed by atoms with Gasteiger partial charge in [0.25, 0.3) is 0 Å². The molecular weight excluding hydrogens is 717 g/mol. The maximum atomic E-state index is 5.14. The van der Waals surface area contributed by atoms with E-state index in [1.54, 1.807) is 0 Å². The van der Waals surface area contributed by atoms with Gasteiger partial charge in [-0.3, -0.25) is 0 Å². The number of hydrogen-bond acceptors (Lipinski definition) is 3. The Labute approximate surface area is 342 Å². The van der Waals surface area contributed by atoms with Crippen LogP contribution in [0.2, 0.25) is 0 Å². The van der Waals surface area contributed by atoms with E-state index in [4.69, 9.17) is 15.0 Å². The summed E-state index contributed by atoms with van der Waals surface area (Å²) in [5, 5.41) is 4.90. The van der Waals surface area contributed by atoms with E-state index in [-0.39, 0.29) is 0 Å². The van der Waals surface area contributed by atoms with Gasteiger partial charge in [0.2, 0.25) is 0 Å². The molecule has 4 nitrogen and oxygen atoms in total. The summed E-state index contributed by atoms with van der Waals surface area (Å²) in [5.41, 5.74) is 13.1. The first-order valence-corrected chi connectivity index (χ1v) is 19.9. The summed E-state index contributed by atoms with van der Waals surface area (Å²) in [6, 6.07) is 77.1. The summed E-state index contributed by atoms with van der Waals surface area (Å²) in [6.07, 6.45) is 0. The average molecular weight is 753 g/mol. The molecule has 2 heterocycles. The highest BCUT2D eigenvalue weighted by Gasteiger charge is 2.18. The van der Waals surface area contributed by atoms with Crippen LogP contribution >= 0.6 is 0 Å². The smallest absolute Gasteiger partial charge is 0.164 e. The summed E-state index contributed by atoms with van der Waals surface area (Å²) >= 11 is 0. The second-order valence-electron chi connectivity index (χ2n) is 14.9. The van der Waals surface area contributed by atoms with Gasteiger partial charge < -0.3 is 4.57 Å². The first-order valence-electron chi connectivity index (χ1n) is 19.9. The van der Waals surface area contributed by atoms with Crippen molar-refractivity contribution < 1.29 is 0 Å². The Hall–Kier alpha value is -7.95. The minimum absolute atomic E-state index is 0.622. The van der Waals surface area contributed by atoms with E-state index in [9.17, 15) is 0 Å². The number of hydrogen-bond donors (Lipinski definition) is 0. The first kappa shape index (κ1) is 34.3. The van der Waals surface area contributed by atoms with Gasteiger partial charge in [-0.05, 0) is 75.0 Å². The molecule has 2 aromatic heterocycles. The van der Waals surface area contributed by atoms with Gasteiger partial charge in [-0.1, -0.05) is 182 Å². The van der Waals surface area contributed by atoms with E-state index >= 15 is 0 Å². The van der Waals surface area contributed by atoms with Gasteiger partial charge in [-0.15, -0.1) is 0 Å². The normalized spacial score (nSPS) is 11.4. The number of aromatic nitrogens is 4. The molecule has 0 atom stereocenters. The topological polar surface area (TPSA) is 43.6 Å². The second kappa shape index (κ2) is 14.5. The molecule has 0 fully saturated rings. The lowest BCUT2D eigenvalue weighted by Crippen LogP contribution is -2.00. The van der Waals surface area contributed by atoms with Crippen molar-refractivity contribution in [3.05, 3.63) is 218 Å². The van der Waals surface area contributed by atoms with Crippen molar-refractivity contribution in [1.82, 2.24) is 19.5 Å². The lowest BCUT2D eigenvalue weighted by molar-refractivity contribution is 1.07. The number of para-hydroxylation sites is 2. The summed E-state index contributed by atoms with van der Waals surface area (Å²) in [7, 11) is 0. The van der Waals surface area contributed by atoms with E-state index in [2.05, 4.69) is 193 Å². The van der Waals surface area contributed by atoms with Gasteiger partial charge in [-0.25, -0.2) is 15.0 Å². The monoisotopic (exact) mass is 752 g/mol. The van der Waals surface area contributed by atoms with Crippen LogP contribution in [0.5, 0.6) is 0 Å². The molecule has 11 aromatic rings. The van der Waals surface area contributed by atoms with Gasteiger partial charge in [0.05, 0.1) is 16.7 Å². The van der Waals surface area contributed by atoms with Crippen molar-refractivity contribution in [2.24, 2.45) is 0 Å². The molecular formula is C55H36N4. The van der Waals surface area contributed by atoms with E-state index in [1.165, 1.54) is 38.2 Å². The molecule has 0 aliphatic rings. The summed E-state index contributed by atoms with van der Waals surface area (Å²) in [5.74, 6) is 1.89. The van der Waals surface area contributed by atoms with E-state index in [0.29, 0.717) is 17.5 Å².